The SMILES string of the molecule is CC(=O)N[C@H]1C(C(=O)[C@H](NC(C)=O)[C@](O)([C@@H]2O[C@H](CO)[C@H](O)[C@H](O)[C@H]2O)[C@@H](O)[C@H](O)CO)O[C@H](CO)[C@@H](O)[C@@H]1O. The third-order valence-corrected chi connectivity index (χ3v) is 7.04. The Bertz CT molecular complexity index is 893. The van der Waals surface area contributed by atoms with E-state index in [4.69, 9.17) is 9.47 Å². The number of ketones is 1. The fourth-order valence-corrected chi connectivity index (χ4v) is 4.93. The predicted octanol–water partition coefficient (Wildman–Crippen LogP) is -8.67. The summed E-state index contributed by atoms with van der Waals surface area (Å²) in [6, 6.07) is -4.29. The van der Waals surface area contributed by atoms with Crippen molar-refractivity contribution >= 4 is 17.6 Å². The van der Waals surface area contributed by atoms with Gasteiger partial charge in [-0.05, 0) is 0 Å². The summed E-state index contributed by atoms with van der Waals surface area (Å²) >= 11 is 0. The van der Waals surface area contributed by atoms with Gasteiger partial charge in [0.05, 0.1) is 25.9 Å². The molecule has 0 aromatic heterocycles. The van der Waals surface area contributed by atoms with Gasteiger partial charge in [-0.15, -0.1) is 0 Å². The van der Waals surface area contributed by atoms with Gasteiger partial charge in [-0.3, -0.25) is 14.4 Å². The molecule has 40 heavy (non-hydrogen) atoms. The summed E-state index contributed by atoms with van der Waals surface area (Å²) in [7, 11) is 0. The van der Waals surface area contributed by atoms with Crippen LogP contribution in [0.2, 0.25) is 0 Å². The lowest BCUT2D eigenvalue weighted by Crippen LogP contribution is -2.78. The maximum Gasteiger partial charge on any atom is 0.217 e. The highest BCUT2D eigenvalue weighted by atomic mass is 16.6. The molecule has 2 amide bonds. The van der Waals surface area contributed by atoms with E-state index in [2.05, 4.69) is 5.32 Å². The topological polar surface area (TPSA) is 316 Å². The fraction of sp³-hybridized carbons (Fsp3) is 0.864. The molecule has 232 valence electrons. The lowest BCUT2D eigenvalue weighted by Gasteiger charge is -2.52. The molecule has 0 bridgehead atoms. The van der Waals surface area contributed by atoms with E-state index < -0.39 is 122 Å². The van der Waals surface area contributed by atoms with E-state index in [1.165, 1.54) is 0 Å². The smallest absolute Gasteiger partial charge is 0.217 e. The number of ether oxygens (including phenoxy) is 2. The van der Waals surface area contributed by atoms with Crippen molar-refractivity contribution in [2.45, 2.75) is 98.7 Å². The van der Waals surface area contributed by atoms with E-state index in [1.54, 1.807) is 0 Å². The molecule has 0 saturated carbocycles. The fourth-order valence-electron chi connectivity index (χ4n) is 4.93. The maximum atomic E-state index is 14.0. The molecule has 2 aliphatic rings. The van der Waals surface area contributed by atoms with Gasteiger partial charge in [0, 0.05) is 13.8 Å². The van der Waals surface area contributed by atoms with Gasteiger partial charge in [0.1, 0.15) is 78.8 Å². The first-order chi connectivity index (χ1) is 18.6. The first-order valence-corrected chi connectivity index (χ1v) is 12.3. The molecule has 2 saturated heterocycles. The van der Waals surface area contributed by atoms with Crippen molar-refractivity contribution in [2.75, 3.05) is 19.8 Å². The Kier molecular flexibility index (Phi) is 11.9. The van der Waals surface area contributed by atoms with Gasteiger partial charge in [-0.1, -0.05) is 0 Å². The van der Waals surface area contributed by atoms with Crippen molar-refractivity contribution in [1.29, 1.82) is 0 Å². The van der Waals surface area contributed by atoms with Gasteiger partial charge in [-0.25, -0.2) is 0 Å². The molecule has 0 aromatic carbocycles. The Morgan fingerprint density at radius 2 is 1.32 bits per heavy atom. The van der Waals surface area contributed by atoms with Crippen molar-refractivity contribution < 1.29 is 80.0 Å². The Balaban J connectivity index is 2.74. The zero-order valence-corrected chi connectivity index (χ0v) is 21.6. The second-order valence-electron chi connectivity index (χ2n) is 9.85. The van der Waals surface area contributed by atoms with Crippen LogP contribution in [0.15, 0.2) is 0 Å². The quantitative estimate of drug-likeness (QED) is 0.107. The van der Waals surface area contributed by atoms with Crippen molar-refractivity contribution in [2.24, 2.45) is 0 Å². The Hall–Kier alpha value is -1.91. The molecular formula is C22H38N2O16. The van der Waals surface area contributed by atoms with Crippen LogP contribution in [-0.2, 0) is 23.9 Å². The number of amides is 2. The Labute approximate surface area is 227 Å². The molecule has 0 aliphatic carbocycles. The average molecular weight is 587 g/mol. The number of nitrogens with one attached hydrogen (secondary N) is 2. The minimum Gasteiger partial charge on any atom is -0.394 e. The van der Waals surface area contributed by atoms with Gasteiger partial charge in [-0.2, -0.15) is 0 Å². The van der Waals surface area contributed by atoms with Crippen LogP contribution in [0, 0.1) is 0 Å². The van der Waals surface area contributed by atoms with E-state index >= 15 is 0 Å². The molecule has 14 atom stereocenters. The molecule has 0 aromatic rings. The third-order valence-electron chi connectivity index (χ3n) is 7.04. The highest BCUT2D eigenvalue weighted by molar-refractivity contribution is 5.94. The minimum atomic E-state index is -3.40. The summed E-state index contributed by atoms with van der Waals surface area (Å²) < 4.78 is 10.7. The van der Waals surface area contributed by atoms with Crippen LogP contribution in [0.4, 0.5) is 0 Å². The predicted molar refractivity (Wildman–Crippen MR) is 126 cm³/mol. The van der Waals surface area contributed by atoms with Crippen LogP contribution in [0.1, 0.15) is 13.8 Å². The van der Waals surface area contributed by atoms with E-state index in [1.807, 2.05) is 5.32 Å². The standard InChI is InChI=1S/C22H38N2O16/c1-6(28)23-11-14(33)12(31)9(4-26)39-18(11)17(36)19(24-7(2)29)22(38,20(37)8(30)3-25)21-16(35)15(34)13(32)10(5-27)40-21/h8-16,18-21,25-27,30-35,37-38H,3-5H2,1-2H3,(H,23,28)(H,24,29)/t8-,9-,10-,11-,12-,13+,14-,15+,16-,18?,19+,20+,21-,22-/m1/s1. The summed E-state index contributed by atoms with van der Waals surface area (Å²) in [5.74, 6) is -3.38. The normalized spacial score (nSPS) is 38.4. The number of rotatable bonds is 11. The van der Waals surface area contributed by atoms with Crippen molar-refractivity contribution in [3.05, 3.63) is 0 Å². The minimum absolute atomic E-state index is 0.837. The van der Waals surface area contributed by atoms with E-state index in [9.17, 15) is 70.6 Å². The van der Waals surface area contributed by atoms with Gasteiger partial charge in [0.2, 0.25) is 11.8 Å². The number of carbonyl (C=O) groups excluding carboxylic acids is 3. The zero-order valence-electron chi connectivity index (χ0n) is 21.6. The van der Waals surface area contributed by atoms with Crippen molar-refractivity contribution in [3.8, 4) is 0 Å². The second kappa shape index (κ2) is 13.8. The molecule has 0 spiro atoms. The highest BCUT2D eigenvalue weighted by Gasteiger charge is 2.63. The third kappa shape index (κ3) is 6.59. The number of aliphatic hydroxyl groups is 11. The number of hydrogen-bond acceptors (Lipinski definition) is 16. The molecular weight excluding hydrogens is 548 g/mol. The van der Waals surface area contributed by atoms with Gasteiger partial charge in [0.15, 0.2) is 5.78 Å². The maximum absolute atomic E-state index is 14.0. The summed E-state index contributed by atoms with van der Waals surface area (Å²) in [5, 5.41) is 118. The van der Waals surface area contributed by atoms with Crippen LogP contribution >= 0.6 is 0 Å². The van der Waals surface area contributed by atoms with Gasteiger partial charge >= 0.3 is 0 Å². The molecule has 18 nitrogen and oxygen atoms in total. The molecule has 0 radical (unpaired) electrons. The summed E-state index contributed by atoms with van der Waals surface area (Å²) in [6.45, 7) is -1.40. The molecule has 1 unspecified atom stereocenters. The van der Waals surface area contributed by atoms with Gasteiger partial charge in [0.25, 0.3) is 0 Å². The number of hydrogen-bond donors (Lipinski definition) is 13. The Morgan fingerprint density at radius 1 is 0.800 bits per heavy atom. The zero-order chi connectivity index (χ0) is 30.7. The van der Waals surface area contributed by atoms with E-state index in [0.29, 0.717) is 0 Å². The van der Waals surface area contributed by atoms with Crippen LogP contribution in [0.25, 0.3) is 0 Å². The number of Topliss-reactive ketones (excluding diaryl/α,β-unsaturated/α-hetero) is 1. The average Bonchev–Trinajstić information content (AvgIpc) is 2.91. The molecule has 2 heterocycles. The van der Waals surface area contributed by atoms with E-state index in [-0.39, 0.29) is 0 Å². The molecule has 13 N–H and O–H groups in total. The van der Waals surface area contributed by atoms with Crippen LogP contribution < -0.4 is 10.6 Å². The first kappa shape index (κ1) is 34.3. The molecule has 2 aliphatic heterocycles. The summed E-state index contributed by atoms with van der Waals surface area (Å²) in [5.41, 5.74) is -3.40. The Morgan fingerprint density at radius 3 is 1.80 bits per heavy atom. The highest BCUT2D eigenvalue weighted by Crippen LogP contribution is 2.36. The lowest BCUT2D eigenvalue weighted by molar-refractivity contribution is -0.296. The monoisotopic (exact) mass is 586 g/mol. The largest absolute Gasteiger partial charge is 0.394 e. The second-order valence-corrected chi connectivity index (χ2v) is 9.85. The van der Waals surface area contributed by atoms with Crippen molar-refractivity contribution in [3.63, 3.8) is 0 Å². The first-order valence-electron chi connectivity index (χ1n) is 12.3. The van der Waals surface area contributed by atoms with Crippen LogP contribution in [0.5, 0.6) is 0 Å². The molecule has 2 fully saturated rings. The van der Waals surface area contributed by atoms with Crippen LogP contribution in [0.3, 0.4) is 0 Å². The van der Waals surface area contributed by atoms with Crippen LogP contribution in [-0.4, -0.2) is 178 Å². The van der Waals surface area contributed by atoms with Gasteiger partial charge < -0.3 is 76.3 Å². The van der Waals surface area contributed by atoms with E-state index in [0.717, 1.165) is 13.8 Å². The summed E-state index contributed by atoms with van der Waals surface area (Å²) in [6.07, 6.45) is -23.1. The lowest BCUT2D eigenvalue weighted by atomic mass is 9.72. The number of carbonyl (C=O) groups is 3. The summed E-state index contributed by atoms with van der Waals surface area (Å²) in [4.78, 5) is 38.0. The molecule has 2 rings (SSSR count). The van der Waals surface area contributed by atoms with Crippen molar-refractivity contribution in [1.82, 2.24) is 10.6 Å². The molecule has 18 heteroatoms. The number of aliphatic hydroxyl groups excluding tert-OH is 10.